The third-order valence-corrected chi connectivity index (χ3v) is 15.9. The Morgan fingerprint density at radius 1 is 0.519 bits per heavy atom. The zero-order chi connectivity index (χ0) is 34.6. The van der Waals surface area contributed by atoms with Crippen LogP contribution in [0, 0.1) is 0 Å². The molecule has 0 saturated heterocycles. The standard InChI is InChI=1S/C48H33NOSSi/c1-52(2)44-26-25-37-36-15-5-7-18-41(36)50-48(37)47(44)39-24-23-35(29-45(39)52)49(40-17-10-20-43-46(40)38-16-6-8-19-42(38)51-43)34-14-9-13-32(28-34)33-22-21-30-11-3-4-12-31(30)27-33/h3-29H,1-2H3. The molecule has 0 amide bonds. The van der Waals surface area contributed by atoms with Crippen LogP contribution in [0.25, 0.3) is 75.1 Å². The van der Waals surface area contributed by atoms with Crippen molar-refractivity contribution in [2.24, 2.45) is 0 Å². The van der Waals surface area contributed by atoms with Gasteiger partial charge in [-0.15, -0.1) is 11.3 Å². The Hall–Kier alpha value is -5.94. The van der Waals surface area contributed by atoms with Gasteiger partial charge in [0.2, 0.25) is 0 Å². The number of furan rings is 1. The van der Waals surface area contributed by atoms with Crippen LogP contribution in [-0.2, 0) is 0 Å². The second-order valence-electron chi connectivity index (χ2n) is 14.5. The number of rotatable bonds is 4. The van der Waals surface area contributed by atoms with Crippen molar-refractivity contribution in [2.75, 3.05) is 4.90 Å². The van der Waals surface area contributed by atoms with E-state index in [1.54, 1.807) is 0 Å². The van der Waals surface area contributed by atoms with Crippen molar-refractivity contribution in [3.8, 4) is 22.3 Å². The van der Waals surface area contributed by atoms with Crippen LogP contribution >= 0.6 is 11.3 Å². The molecule has 2 nitrogen and oxygen atoms in total. The van der Waals surface area contributed by atoms with Crippen molar-refractivity contribution < 1.29 is 4.42 Å². The van der Waals surface area contributed by atoms with Gasteiger partial charge < -0.3 is 9.32 Å². The summed E-state index contributed by atoms with van der Waals surface area (Å²) < 4.78 is 9.24. The van der Waals surface area contributed by atoms with Crippen molar-refractivity contribution >= 4 is 99.7 Å². The van der Waals surface area contributed by atoms with Crippen molar-refractivity contribution in [3.63, 3.8) is 0 Å². The molecule has 0 spiro atoms. The Balaban J connectivity index is 1.15. The summed E-state index contributed by atoms with van der Waals surface area (Å²) in [6, 6.07) is 60.3. The summed E-state index contributed by atoms with van der Waals surface area (Å²) >= 11 is 1.87. The average Bonchev–Trinajstić information content (AvgIpc) is 3.83. The van der Waals surface area contributed by atoms with Crippen LogP contribution in [0.4, 0.5) is 17.1 Å². The lowest BCUT2D eigenvalue weighted by atomic mass is 9.99. The highest BCUT2D eigenvalue weighted by Gasteiger charge is 2.40. The molecule has 0 bridgehead atoms. The molecule has 4 heteroatoms. The molecular weight excluding hydrogens is 667 g/mol. The van der Waals surface area contributed by atoms with Gasteiger partial charge in [-0.25, -0.2) is 0 Å². The Bertz CT molecular complexity index is 3080. The molecule has 10 aromatic rings. The van der Waals surface area contributed by atoms with E-state index in [0.717, 1.165) is 16.9 Å². The van der Waals surface area contributed by atoms with E-state index in [1.165, 1.54) is 85.7 Å². The van der Waals surface area contributed by atoms with Crippen LogP contribution in [0.2, 0.25) is 13.1 Å². The van der Waals surface area contributed by atoms with Crippen LogP contribution in [0.5, 0.6) is 0 Å². The summed E-state index contributed by atoms with van der Waals surface area (Å²) in [4.78, 5) is 2.50. The first-order valence-electron chi connectivity index (χ1n) is 17.9. The van der Waals surface area contributed by atoms with Gasteiger partial charge in [-0.3, -0.25) is 0 Å². The number of nitrogens with zero attached hydrogens (tertiary/aromatic N) is 1. The summed E-state index contributed by atoms with van der Waals surface area (Å²) in [5.41, 5.74) is 10.5. The molecule has 0 radical (unpaired) electrons. The van der Waals surface area contributed by atoms with Gasteiger partial charge in [-0.2, -0.15) is 0 Å². The number of thiophene rings is 1. The van der Waals surface area contributed by atoms with E-state index in [-0.39, 0.29) is 0 Å². The summed E-state index contributed by atoms with van der Waals surface area (Å²) in [6.45, 7) is 4.99. The number of anilines is 3. The Kier molecular flexibility index (Phi) is 6.31. The molecular formula is C48H33NOSSi. The van der Waals surface area contributed by atoms with E-state index in [2.05, 4.69) is 182 Å². The predicted molar refractivity (Wildman–Crippen MR) is 226 cm³/mol. The molecule has 0 fully saturated rings. The maximum atomic E-state index is 6.64. The minimum Gasteiger partial charge on any atom is -0.455 e. The van der Waals surface area contributed by atoms with Gasteiger partial charge in [0.15, 0.2) is 0 Å². The first-order chi connectivity index (χ1) is 25.5. The molecule has 0 atom stereocenters. The third-order valence-electron chi connectivity index (χ3n) is 11.2. The zero-order valence-electron chi connectivity index (χ0n) is 28.9. The van der Waals surface area contributed by atoms with Gasteiger partial charge in [0.1, 0.15) is 19.2 Å². The molecule has 246 valence electrons. The van der Waals surface area contributed by atoms with Crippen LogP contribution in [-0.4, -0.2) is 8.07 Å². The largest absolute Gasteiger partial charge is 0.455 e. The lowest BCUT2D eigenvalue weighted by Crippen LogP contribution is -2.49. The lowest BCUT2D eigenvalue weighted by Gasteiger charge is -2.28. The van der Waals surface area contributed by atoms with E-state index in [9.17, 15) is 0 Å². The van der Waals surface area contributed by atoms with E-state index in [1.807, 2.05) is 11.3 Å². The SMILES string of the molecule is C[Si]1(C)c2cc(N(c3cccc(-c4ccc5ccccc5c4)c3)c3cccc4sc5ccccc5c34)ccc2-c2c1ccc1c2oc2ccccc21. The van der Waals surface area contributed by atoms with Crippen molar-refractivity contribution in [1.82, 2.24) is 0 Å². The fourth-order valence-corrected chi connectivity index (χ4v) is 12.9. The van der Waals surface area contributed by atoms with E-state index in [0.29, 0.717) is 0 Å². The second kappa shape index (κ2) is 11.0. The summed E-state index contributed by atoms with van der Waals surface area (Å²) in [5.74, 6) is 0. The van der Waals surface area contributed by atoms with Crippen LogP contribution in [0.3, 0.4) is 0 Å². The highest BCUT2D eigenvalue weighted by atomic mass is 32.1. The van der Waals surface area contributed by atoms with Gasteiger partial charge in [0, 0.05) is 47.9 Å². The molecule has 2 aromatic heterocycles. The van der Waals surface area contributed by atoms with Gasteiger partial charge in [-0.1, -0.05) is 122 Å². The molecule has 11 rings (SSSR count). The van der Waals surface area contributed by atoms with Crippen LogP contribution in [0.1, 0.15) is 0 Å². The average molecular weight is 700 g/mol. The third kappa shape index (κ3) is 4.29. The Labute approximate surface area is 306 Å². The minimum absolute atomic E-state index is 0.948. The van der Waals surface area contributed by atoms with E-state index >= 15 is 0 Å². The molecule has 0 saturated carbocycles. The van der Waals surface area contributed by atoms with Crippen LogP contribution < -0.4 is 15.3 Å². The van der Waals surface area contributed by atoms with Gasteiger partial charge in [-0.05, 0) is 92.4 Å². The lowest BCUT2D eigenvalue weighted by molar-refractivity contribution is 0.670. The molecule has 8 aromatic carbocycles. The molecule has 0 unspecified atom stereocenters. The number of fused-ring (bicyclic) bond motifs is 11. The van der Waals surface area contributed by atoms with Crippen molar-refractivity contribution in [3.05, 3.63) is 164 Å². The van der Waals surface area contributed by atoms with Crippen molar-refractivity contribution in [2.45, 2.75) is 13.1 Å². The fraction of sp³-hybridized carbons (Fsp3) is 0.0417. The zero-order valence-corrected chi connectivity index (χ0v) is 30.7. The normalized spacial score (nSPS) is 13.3. The second-order valence-corrected chi connectivity index (χ2v) is 19.9. The molecule has 3 heterocycles. The smallest absolute Gasteiger partial charge is 0.143 e. The molecule has 52 heavy (non-hydrogen) atoms. The minimum atomic E-state index is -2.09. The first kappa shape index (κ1) is 29.8. The van der Waals surface area contributed by atoms with E-state index in [4.69, 9.17) is 4.42 Å². The van der Waals surface area contributed by atoms with Gasteiger partial charge in [0.05, 0.1) is 5.69 Å². The maximum absolute atomic E-state index is 6.64. The fourth-order valence-electron chi connectivity index (χ4n) is 8.69. The number of hydrogen-bond acceptors (Lipinski definition) is 3. The highest BCUT2D eigenvalue weighted by molar-refractivity contribution is 7.26. The molecule has 1 aliphatic heterocycles. The first-order valence-corrected chi connectivity index (χ1v) is 21.7. The summed E-state index contributed by atoms with van der Waals surface area (Å²) in [7, 11) is -2.09. The monoisotopic (exact) mass is 699 g/mol. The highest BCUT2D eigenvalue weighted by Crippen LogP contribution is 2.47. The summed E-state index contributed by atoms with van der Waals surface area (Å²) in [6.07, 6.45) is 0. The van der Waals surface area contributed by atoms with E-state index < -0.39 is 8.07 Å². The predicted octanol–water partition coefficient (Wildman–Crippen LogP) is 13.0. The number of benzene rings is 8. The number of hydrogen-bond donors (Lipinski definition) is 0. The van der Waals surface area contributed by atoms with Crippen LogP contribution in [0.15, 0.2) is 168 Å². The Morgan fingerprint density at radius 2 is 1.27 bits per heavy atom. The van der Waals surface area contributed by atoms with Crippen molar-refractivity contribution in [1.29, 1.82) is 0 Å². The summed E-state index contributed by atoms with van der Waals surface area (Å²) in [5, 5.41) is 10.4. The quantitative estimate of drug-likeness (QED) is 0.170. The molecule has 1 aliphatic rings. The number of para-hydroxylation sites is 1. The Morgan fingerprint density at radius 3 is 2.19 bits per heavy atom. The topological polar surface area (TPSA) is 16.4 Å². The molecule has 0 N–H and O–H groups in total. The maximum Gasteiger partial charge on any atom is 0.143 e. The molecule has 0 aliphatic carbocycles. The van der Waals surface area contributed by atoms with Gasteiger partial charge in [0.25, 0.3) is 0 Å². The van der Waals surface area contributed by atoms with Gasteiger partial charge >= 0.3 is 0 Å².